The van der Waals surface area contributed by atoms with Crippen LogP contribution in [-0.2, 0) is 11.2 Å². The Morgan fingerprint density at radius 1 is 1.41 bits per heavy atom. The van der Waals surface area contributed by atoms with Crippen molar-refractivity contribution in [2.75, 3.05) is 6.61 Å². The first-order valence-corrected chi connectivity index (χ1v) is 6.65. The lowest BCUT2D eigenvalue weighted by Gasteiger charge is -2.21. The van der Waals surface area contributed by atoms with E-state index < -0.39 is 0 Å². The summed E-state index contributed by atoms with van der Waals surface area (Å²) in [6.45, 7) is 5.24. The molecule has 1 fully saturated rings. The second-order valence-electron chi connectivity index (χ2n) is 4.87. The molecule has 1 saturated heterocycles. The minimum absolute atomic E-state index is 0.336. The van der Waals surface area contributed by atoms with Crippen molar-refractivity contribution in [3.8, 4) is 0 Å². The standard InChI is InChI=1S/C14H20ClNO/c1-10(16-14-7-8-17-11(14)2)9-12-3-5-13(15)6-4-12/h3-6,10-11,14,16H,7-9H2,1-2H3. The smallest absolute Gasteiger partial charge is 0.0700 e. The molecule has 0 saturated carbocycles. The highest BCUT2D eigenvalue weighted by Gasteiger charge is 2.24. The molecule has 94 valence electrons. The van der Waals surface area contributed by atoms with Crippen LogP contribution in [-0.4, -0.2) is 24.8 Å². The lowest BCUT2D eigenvalue weighted by molar-refractivity contribution is 0.111. The molecule has 1 aliphatic rings. The number of rotatable bonds is 4. The number of halogens is 1. The lowest BCUT2D eigenvalue weighted by Crippen LogP contribution is -2.41. The maximum absolute atomic E-state index is 5.87. The van der Waals surface area contributed by atoms with E-state index in [1.807, 2.05) is 12.1 Å². The van der Waals surface area contributed by atoms with Gasteiger partial charge < -0.3 is 10.1 Å². The van der Waals surface area contributed by atoms with Crippen molar-refractivity contribution >= 4 is 11.6 Å². The molecule has 1 aromatic carbocycles. The van der Waals surface area contributed by atoms with E-state index in [4.69, 9.17) is 16.3 Å². The molecule has 0 aliphatic carbocycles. The van der Waals surface area contributed by atoms with E-state index in [-0.39, 0.29) is 0 Å². The topological polar surface area (TPSA) is 21.3 Å². The van der Waals surface area contributed by atoms with Crippen molar-refractivity contribution in [3.63, 3.8) is 0 Å². The molecule has 3 heteroatoms. The summed E-state index contributed by atoms with van der Waals surface area (Å²) in [5, 5.41) is 4.43. The molecule has 1 aromatic rings. The van der Waals surface area contributed by atoms with Crippen molar-refractivity contribution in [3.05, 3.63) is 34.9 Å². The van der Waals surface area contributed by atoms with Gasteiger partial charge in [-0.25, -0.2) is 0 Å². The molecule has 0 bridgehead atoms. The van der Waals surface area contributed by atoms with E-state index >= 15 is 0 Å². The molecule has 1 N–H and O–H groups in total. The van der Waals surface area contributed by atoms with Crippen LogP contribution in [0.25, 0.3) is 0 Å². The zero-order valence-corrected chi connectivity index (χ0v) is 11.2. The minimum atomic E-state index is 0.336. The van der Waals surface area contributed by atoms with Gasteiger partial charge in [0.15, 0.2) is 0 Å². The van der Waals surface area contributed by atoms with Crippen LogP contribution in [0.2, 0.25) is 5.02 Å². The molecule has 0 spiro atoms. The molecule has 3 atom stereocenters. The Morgan fingerprint density at radius 2 is 2.12 bits per heavy atom. The first-order valence-electron chi connectivity index (χ1n) is 6.27. The summed E-state index contributed by atoms with van der Waals surface area (Å²) in [5.74, 6) is 0. The molecule has 2 rings (SSSR count). The first kappa shape index (κ1) is 12.9. The van der Waals surface area contributed by atoms with E-state index in [1.165, 1.54) is 5.56 Å². The molecular formula is C14H20ClNO. The summed E-state index contributed by atoms with van der Waals surface area (Å²) >= 11 is 5.87. The molecular weight excluding hydrogens is 234 g/mol. The fourth-order valence-electron chi connectivity index (χ4n) is 2.35. The third-order valence-electron chi connectivity index (χ3n) is 3.33. The van der Waals surface area contributed by atoms with E-state index in [0.29, 0.717) is 18.2 Å². The fourth-order valence-corrected chi connectivity index (χ4v) is 2.48. The lowest BCUT2D eigenvalue weighted by atomic mass is 10.0. The van der Waals surface area contributed by atoms with Gasteiger partial charge in [0.1, 0.15) is 0 Å². The van der Waals surface area contributed by atoms with Gasteiger partial charge in [-0.1, -0.05) is 23.7 Å². The fraction of sp³-hybridized carbons (Fsp3) is 0.571. The van der Waals surface area contributed by atoms with Crippen LogP contribution in [0.5, 0.6) is 0 Å². The van der Waals surface area contributed by atoms with Crippen LogP contribution in [0.15, 0.2) is 24.3 Å². The third kappa shape index (κ3) is 3.70. The zero-order chi connectivity index (χ0) is 12.3. The van der Waals surface area contributed by atoms with Crippen molar-refractivity contribution in [1.82, 2.24) is 5.32 Å². The highest BCUT2D eigenvalue weighted by Crippen LogP contribution is 2.15. The summed E-state index contributed by atoms with van der Waals surface area (Å²) < 4.78 is 5.55. The summed E-state index contributed by atoms with van der Waals surface area (Å²) in [7, 11) is 0. The van der Waals surface area contributed by atoms with Gasteiger partial charge in [0.05, 0.1) is 6.10 Å². The predicted octanol–water partition coefficient (Wildman–Crippen LogP) is 3.04. The first-order chi connectivity index (χ1) is 8.15. The van der Waals surface area contributed by atoms with Crippen molar-refractivity contribution in [1.29, 1.82) is 0 Å². The monoisotopic (exact) mass is 253 g/mol. The van der Waals surface area contributed by atoms with Crippen molar-refractivity contribution in [2.24, 2.45) is 0 Å². The van der Waals surface area contributed by atoms with Crippen LogP contribution >= 0.6 is 11.6 Å². The van der Waals surface area contributed by atoms with E-state index in [1.54, 1.807) is 0 Å². The number of nitrogens with one attached hydrogen (secondary N) is 1. The Hall–Kier alpha value is -0.570. The largest absolute Gasteiger partial charge is 0.377 e. The number of hydrogen-bond donors (Lipinski definition) is 1. The Morgan fingerprint density at radius 3 is 2.71 bits per heavy atom. The van der Waals surface area contributed by atoms with Gasteiger partial charge >= 0.3 is 0 Å². The zero-order valence-electron chi connectivity index (χ0n) is 10.4. The Bertz CT molecular complexity index is 352. The second kappa shape index (κ2) is 5.85. The summed E-state index contributed by atoms with van der Waals surface area (Å²) in [6, 6.07) is 9.04. The molecule has 0 aromatic heterocycles. The molecule has 1 aliphatic heterocycles. The van der Waals surface area contributed by atoms with Crippen LogP contribution in [0.4, 0.5) is 0 Å². The van der Waals surface area contributed by atoms with Crippen LogP contribution < -0.4 is 5.32 Å². The minimum Gasteiger partial charge on any atom is -0.377 e. The van der Waals surface area contributed by atoms with Gasteiger partial charge in [-0.2, -0.15) is 0 Å². The van der Waals surface area contributed by atoms with E-state index in [0.717, 1.165) is 24.5 Å². The highest BCUT2D eigenvalue weighted by molar-refractivity contribution is 6.30. The number of hydrogen-bond acceptors (Lipinski definition) is 2. The van der Waals surface area contributed by atoms with Gasteiger partial charge in [0, 0.05) is 23.7 Å². The molecule has 0 amide bonds. The van der Waals surface area contributed by atoms with Gasteiger partial charge in [0.2, 0.25) is 0 Å². The predicted molar refractivity (Wildman–Crippen MR) is 71.6 cm³/mol. The Balaban J connectivity index is 1.84. The van der Waals surface area contributed by atoms with Crippen molar-refractivity contribution in [2.45, 2.75) is 44.9 Å². The summed E-state index contributed by atoms with van der Waals surface area (Å²) in [6.07, 6.45) is 2.48. The molecule has 1 heterocycles. The van der Waals surface area contributed by atoms with Gasteiger partial charge in [0.25, 0.3) is 0 Å². The maximum Gasteiger partial charge on any atom is 0.0700 e. The Kier molecular flexibility index (Phi) is 4.43. The Labute approximate surface area is 108 Å². The molecule has 17 heavy (non-hydrogen) atoms. The van der Waals surface area contributed by atoms with E-state index in [2.05, 4.69) is 31.3 Å². The van der Waals surface area contributed by atoms with Gasteiger partial charge in [-0.05, 0) is 44.4 Å². The summed E-state index contributed by atoms with van der Waals surface area (Å²) in [4.78, 5) is 0. The van der Waals surface area contributed by atoms with Crippen LogP contribution in [0, 0.1) is 0 Å². The van der Waals surface area contributed by atoms with Gasteiger partial charge in [-0.3, -0.25) is 0 Å². The average molecular weight is 254 g/mol. The van der Waals surface area contributed by atoms with Gasteiger partial charge in [-0.15, -0.1) is 0 Å². The quantitative estimate of drug-likeness (QED) is 0.891. The molecule has 0 radical (unpaired) electrons. The summed E-state index contributed by atoms with van der Waals surface area (Å²) in [5.41, 5.74) is 1.32. The number of ether oxygens (including phenoxy) is 1. The van der Waals surface area contributed by atoms with Crippen LogP contribution in [0.1, 0.15) is 25.8 Å². The third-order valence-corrected chi connectivity index (χ3v) is 3.58. The second-order valence-corrected chi connectivity index (χ2v) is 5.31. The highest BCUT2D eigenvalue weighted by atomic mass is 35.5. The maximum atomic E-state index is 5.87. The SMILES string of the molecule is CC(Cc1ccc(Cl)cc1)NC1CCOC1C. The normalized spacial score (nSPS) is 26.1. The molecule has 3 unspecified atom stereocenters. The van der Waals surface area contributed by atoms with Crippen molar-refractivity contribution < 1.29 is 4.74 Å². The van der Waals surface area contributed by atoms with Crippen LogP contribution in [0.3, 0.4) is 0 Å². The molecule has 2 nitrogen and oxygen atoms in total. The van der Waals surface area contributed by atoms with E-state index in [9.17, 15) is 0 Å². The number of benzene rings is 1. The average Bonchev–Trinajstić information content (AvgIpc) is 2.68.